The Hall–Kier alpha value is -1.10. The highest BCUT2D eigenvalue weighted by Gasteiger charge is 2.24. The molecule has 0 aromatic heterocycles. The van der Waals surface area contributed by atoms with E-state index in [-0.39, 0.29) is 12.3 Å². The van der Waals surface area contributed by atoms with Gasteiger partial charge in [-0.05, 0) is 13.1 Å². The maximum absolute atomic E-state index is 5.65. The molecule has 1 aromatic carbocycles. The lowest BCUT2D eigenvalue weighted by Crippen LogP contribution is -2.40. The Morgan fingerprint density at radius 2 is 1.94 bits per heavy atom. The van der Waals surface area contributed by atoms with Crippen molar-refractivity contribution in [2.24, 2.45) is 0 Å². The summed E-state index contributed by atoms with van der Waals surface area (Å²) in [5, 5.41) is 3.12. The molecule has 1 N–H and O–H groups in total. The summed E-state index contributed by atoms with van der Waals surface area (Å²) >= 11 is 0. The van der Waals surface area contributed by atoms with Crippen molar-refractivity contribution in [1.29, 1.82) is 0 Å². The molecule has 1 heterocycles. The molecule has 1 fully saturated rings. The van der Waals surface area contributed by atoms with E-state index in [0.717, 1.165) is 11.3 Å². The van der Waals surface area contributed by atoms with Gasteiger partial charge in [-0.2, -0.15) is 0 Å². The van der Waals surface area contributed by atoms with Crippen LogP contribution in [0.3, 0.4) is 0 Å². The number of hydrogen-bond donors (Lipinski definition) is 1. The fraction of sp³-hybridized carbons (Fsp3) is 0.500. The summed E-state index contributed by atoms with van der Waals surface area (Å²) in [5.41, 5.74) is 0.944. The molecule has 1 saturated heterocycles. The third-order valence-corrected chi connectivity index (χ3v) is 2.70. The van der Waals surface area contributed by atoms with E-state index in [2.05, 4.69) is 5.32 Å². The normalized spacial score (nSPS) is 25.4. The summed E-state index contributed by atoms with van der Waals surface area (Å²) in [7, 11) is 3.55. The summed E-state index contributed by atoms with van der Waals surface area (Å²) in [6.45, 7) is 1.30. The van der Waals surface area contributed by atoms with Gasteiger partial charge in [-0.25, -0.2) is 0 Å². The first-order valence-corrected chi connectivity index (χ1v) is 5.38. The lowest BCUT2D eigenvalue weighted by Gasteiger charge is -2.29. The van der Waals surface area contributed by atoms with E-state index in [9.17, 15) is 0 Å². The predicted octanol–water partition coefficient (Wildman–Crippen LogP) is 1.33. The maximum Gasteiger partial charge on any atom is 0.187 e. The number of hydrogen-bond acceptors (Lipinski definition) is 4. The molecule has 2 rings (SSSR count). The van der Waals surface area contributed by atoms with Crippen LogP contribution in [0.1, 0.15) is 11.9 Å². The molecule has 4 heteroatoms. The Bertz CT molecular complexity index is 335. The molecule has 0 amide bonds. The zero-order valence-corrected chi connectivity index (χ0v) is 9.60. The van der Waals surface area contributed by atoms with Crippen LogP contribution in [0.2, 0.25) is 0 Å². The molecule has 0 atom stereocenters. The molecular weight excluding hydrogens is 206 g/mol. The van der Waals surface area contributed by atoms with Crippen LogP contribution in [0.5, 0.6) is 5.75 Å². The zero-order valence-electron chi connectivity index (χ0n) is 9.60. The molecule has 0 radical (unpaired) electrons. The molecule has 0 unspecified atom stereocenters. The van der Waals surface area contributed by atoms with Gasteiger partial charge in [-0.1, -0.05) is 18.2 Å². The minimum atomic E-state index is -0.319. The van der Waals surface area contributed by atoms with E-state index in [1.165, 1.54) is 0 Å². The molecule has 16 heavy (non-hydrogen) atoms. The first-order valence-electron chi connectivity index (χ1n) is 5.38. The minimum absolute atomic E-state index is 0.269. The number of methoxy groups -OCH3 is 1. The third kappa shape index (κ3) is 2.35. The highest BCUT2D eigenvalue weighted by atomic mass is 16.7. The van der Waals surface area contributed by atoms with E-state index < -0.39 is 0 Å². The van der Waals surface area contributed by atoms with Crippen LogP contribution in [-0.4, -0.2) is 33.4 Å². The molecule has 88 valence electrons. The monoisotopic (exact) mass is 223 g/mol. The number of rotatable bonds is 3. The smallest absolute Gasteiger partial charge is 0.187 e. The molecule has 0 spiro atoms. The van der Waals surface area contributed by atoms with Crippen molar-refractivity contribution in [3.05, 3.63) is 29.8 Å². The van der Waals surface area contributed by atoms with Gasteiger partial charge in [0.2, 0.25) is 0 Å². The first kappa shape index (κ1) is 11.4. The second-order valence-corrected chi connectivity index (χ2v) is 3.73. The van der Waals surface area contributed by atoms with Gasteiger partial charge in [0.25, 0.3) is 0 Å². The summed E-state index contributed by atoms with van der Waals surface area (Å²) in [6, 6.07) is 8.03. The van der Waals surface area contributed by atoms with Gasteiger partial charge in [0.05, 0.1) is 26.4 Å². The molecular formula is C12H17NO3. The van der Waals surface area contributed by atoms with E-state index in [4.69, 9.17) is 14.2 Å². The van der Waals surface area contributed by atoms with E-state index in [1.54, 1.807) is 7.11 Å². The topological polar surface area (TPSA) is 39.7 Å². The van der Waals surface area contributed by atoms with Crippen LogP contribution in [0.15, 0.2) is 24.3 Å². The first-order chi connectivity index (χ1) is 7.85. The highest BCUT2D eigenvalue weighted by Crippen LogP contribution is 2.30. The van der Waals surface area contributed by atoms with Crippen LogP contribution in [0.25, 0.3) is 0 Å². The second kappa shape index (κ2) is 5.30. The average molecular weight is 223 g/mol. The molecule has 4 nitrogen and oxygen atoms in total. The van der Waals surface area contributed by atoms with Crippen LogP contribution >= 0.6 is 0 Å². The van der Waals surface area contributed by atoms with E-state index >= 15 is 0 Å². The van der Waals surface area contributed by atoms with Gasteiger partial charge < -0.3 is 19.5 Å². The van der Waals surface area contributed by atoms with E-state index in [1.807, 2.05) is 31.3 Å². The number of benzene rings is 1. The van der Waals surface area contributed by atoms with Crippen molar-refractivity contribution in [2.45, 2.75) is 12.3 Å². The molecule has 0 bridgehead atoms. The average Bonchev–Trinajstić information content (AvgIpc) is 2.39. The maximum atomic E-state index is 5.65. The number of ether oxygens (including phenoxy) is 3. The summed E-state index contributed by atoms with van der Waals surface area (Å²) < 4.78 is 16.6. The fourth-order valence-corrected chi connectivity index (χ4v) is 1.71. The SMILES string of the molecule is CNC1COC(c2ccccc2OC)OC1. The van der Waals surface area contributed by atoms with Crippen LogP contribution in [0.4, 0.5) is 0 Å². The van der Waals surface area contributed by atoms with Gasteiger partial charge in [-0.15, -0.1) is 0 Å². The number of para-hydroxylation sites is 1. The third-order valence-electron chi connectivity index (χ3n) is 2.70. The van der Waals surface area contributed by atoms with Crippen molar-refractivity contribution in [1.82, 2.24) is 5.32 Å². The lowest BCUT2D eigenvalue weighted by molar-refractivity contribution is -0.194. The fourth-order valence-electron chi connectivity index (χ4n) is 1.71. The van der Waals surface area contributed by atoms with Crippen molar-refractivity contribution < 1.29 is 14.2 Å². The molecule has 1 aromatic rings. The van der Waals surface area contributed by atoms with Crippen LogP contribution in [0, 0.1) is 0 Å². The Morgan fingerprint density at radius 1 is 1.25 bits per heavy atom. The molecule has 1 aliphatic rings. The summed E-state index contributed by atoms with van der Waals surface area (Å²) in [6.07, 6.45) is -0.319. The van der Waals surface area contributed by atoms with Crippen molar-refractivity contribution in [3.63, 3.8) is 0 Å². The highest BCUT2D eigenvalue weighted by molar-refractivity contribution is 5.34. The van der Waals surface area contributed by atoms with Gasteiger partial charge in [0.15, 0.2) is 6.29 Å². The summed E-state index contributed by atoms with van der Waals surface area (Å²) in [5.74, 6) is 0.801. The van der Waals surface area contributed by atoms with Gasteiger partial charge >= 0.3 is 0 Å². The molecule has 0 saturated carbocycles. The van der Waals surface area contributed by atoms with Crippen LogP contribution in [-0.2, 0) is 9.47 Å². The Kier molecular flexibility index (Phi) is 3.77. The van der Waals surface area contributed by atoms with Gasteiger partial charge in [0, 0.05) is 5.56 Å². The Morgan fingerprint density at radius 3 is 2.56 bits per heavy atom. The van der Waals surface area contributed by atoms with Crippen LogP contribution < -0.4 is 10.1 Å². The standard InChI is InChI=1S/C12H17NO3/c1-13-9-7-15-12(16-8-9)10-5-3-4-6-11(10)14-2/h3-6,9,12-13H,7-8H2,1-2H3. The Balaban J connectivity index is 2.07. The quantitative estimate of drug-likeness (QED) is 0.839. The van der Waals surface area contributed by atoms with E-state index in [0.29, 0.717) is 13.2 Å². The molecule has 0 aliphatic carbocycles. The lowest BCUT2D eigenvalue weighted by atomic mass is 10.2. The summed E-state index contributed by atoms with van der Waals surface area (Å²) in [4.78, 5) is 0. The minimum Gasteiger partial charge on any atom is -0.496 e. The van der Waals surface area contributed by atoms with Crippen molar-refractivity contribution >= 4 is 0 Å². The molecule has 1 aliphatic heterocycles. The zero-order chi connectivity index (χ0) is 11.4. The number of nitrogens with one attached hydrogen (secondary N) is 1. The Labute approximate surface area is 95.5 Å². The van der Waals surface area contributed by atoms with Crippen molar-refractivity contribution in [2.75, 3.05) is 27.4 Å². The number of likely N-dealkylation sites (N-methyl/N-ethyl adjacent to an activating group) is 1. The predicted molar refractivity (Wildman–Crippen MR) is 60.5 cm³/mol. The van der Waals surface area contributed by atoms with Crippen molar-refractivity contribution in [3.8, 4) is 5.75 Å². The van der Waals surface area contributed by atoms with Gasteiger partial charge in [0.1, 0.15) is 5.75 Å². The van der Waals surface area contributed by atoms with Gasteiger partial charge in [-0.3, -0.25) is 0 Å². The second-order valence-electron chi connectivity index (χ2n) is 3.73. The largest absolute Gasteiger partial charge is 0.496 e.